The summed E-state index contributed by atoms with van der Waals surface area (Å²) < 4.78 is 13.0. The van der Waals surface area contributed by atoms with Crippen LogP contribution in [0.25, 0.3) is 17.0 Å². The molecular weight excluding hydrogens is 428 g/mol. The number of nitrogens with one attached hydrogen (secondary N) is 1. The second kappa shape index (κ2) is 12.4. The number of nitrogens with zero attached hydrogens (tertiary/aromatic N) is 1. The predicted octanol–water partition coefficient (Wildman–Crippen LogP) is 5.81. The summed E-state index contributed by atoms with van der Waals surface area (Å²) in [6, 6.07) is 15.1. The van der Waals surface area contributed by atoms with Gasteiger partial charge in [0.05, 0.1) is 12.6 Å². The average Bonchev–Trinajstić information content (AvgIpc) is 2.86. The number of aromatic nitrogens is 1. The summed E-state index contributed by atoms with van der Waals surface area (Å²) in [4.78, 5) is 25.8. The third-order valence-electron chi connectivity index (χ3n) is 5.46. The van der Waals surface area contributed by atoms with Gasteiger partial charge in [0.25, 0.3) is 5.56 Å². The van der Waals surface area contributed by atoms with Crippen molar-refractivity contribution in [1.29, 1.82) is 0 Å². The predicted molar refractivity (Wildman–Crippen MR) is 139 cm³/mol. The summed E-state index contributed by atoms with van der Waals surface area (Å²) in [5.41, 5.74) is 1.97. The second-order valence-corrected chi connectivity index (χ2v) is 7.94. The number of hydrogen-bond acceptors (Lipinski definition) is 4. The molecule has 0 spiro atoms. The summed E-state index contributed by atoms with van der Waals surface area (Å²) in [7, 11) is 1.52. The van der Waals surface area contributed by atoms with Gasteiger partial charge in [0.15, 0.2) is 5.75 Å². The molecule has 2 aromatic carbocycles. The Hall–Kier alpha value is -3.80. The van der Waals surface area contributed by atoms with E-state index in [1.165, 1.54) is 13.2 Å². The molecule has 0 fully saturated rings. The highest BCUT2D eigenvalue weighted by atomic mass is 16.5. The van der Waals surface area contributed by atoms with Gasteiger partial charge >= 0.3 is 0 Å². The molecule has 0 bridgehead atoms. The molecule has 1 N–H and O–H groups in total. The highest BCUT2D eigenvalue weighted by molar-refractivity contribution is 6.03. The molecule has 0 saturated carbocycles. The molecular formula is C28H32N2O4. The maximum Gasteiger partial charge on any atom is 0.297 e. The first-order valence-electron chi connectivity index (χ1n) is 11.6. The van der Waals surface area contributed by atoms with Gasteiger partial charge in [0, 0.05) is 23.7 Å². The number of methoxy groups -OCH3 is 1. The smallest absolute Gasteiger partial charge is 0.297 e. The average molecular weight is 461 g/mol. The lowest BCUT2D eigenvalue weighted by atomic mass is 10.1. The summed E-state index contributed by atoms with van der Waals surface area (Å²) >= 11 is 0. The number of unbranched alkanes of at least 4 members (excludes halogenated alkanes) is 3. The number of carbonyl (C=O) groups is 1. The van der Waals surface area contributed by atoms with Crippen LogP contribution in [0.2, 0.25) is 0 Å². The van der Waals surface area contributed by atoms with Crippen LogP contribution < -0.4 is 20.3 Å². The largest absolute Gasteiger partial charge is 0.492 e. The minimum atomic E-state index is -0.254. The number of fused-ring (bicyclic) bond motifs is 1. The van der Waals surface area contributed by atoms with E-state index in [-0.39, 0.29) is 23.8 Å². The van der Waals surface area contributed by atoms with Gasteiger partial charge in [-0.1, -0.05) is 69.2 Å². The number of hydrogen-bond donors (Lipinski definition) is 1. The van der Waals surface area contributed by atoms with Crippen molar-refractivity contribution in [2.75, 3.05) is 19.0 Å². The first-order chi connectivity index (χ1) is 16.6. The summed E-state index contributed by atoms with van der Waals surface area (Å²) in [5, 5.41) is 3.63. The number of benzene rings is 2. The number of aryl methyl sites for hydroxylation is 1. The van der Waals surface area contributed by atoms with Crippen molar-refractivity contribution >= 4 is 28.6 Å². The molecule has 1 heterocycles. The summed E-state index contributed by atoms with van der Waals surface area (Å²) in [5.74, 6) is 0.305. The zero-order valence-electron chi connectivity index (χ0n) is 19.9. The van der Waals surface area contributed by atoms with Crippen LogP contribution in [0.3, 0.4) is 0 Å². The van der Waals surface area contributed by atoms with Crippen molar-refractivity contribution in [1.82, 2.24) is 4.57 Å². The molecule has 3 aromatic rings. The fraction of sp³-hybridized carbons (Fsp3) is 0.286. The molecule has 0 aliphatic heterocycles. The minimum Gasteiger partial charge on any atom is -0.492 e. The maximum atomic E-state index is 13.4. The Labute approximate surface area is 200 Å². The van der Waals surface area contributed by atoms with E-state index < -0.39 is 0 Å². The van der Waals surface area contributed by atoms with Gasteiger partial charge < -0.3 is 19.4 Å². The van der Waals surface area contributed by atoms with Gasteiger partial charge in [-0.2, -0.15) is 0 Å². The van der Waals surface area contributed by atoms with Gasteiger partial charge in [0.1, 0.15) is 6.61 Å². The molecule has 0 atom stereocenters. The number of ether oxygens (including phenoxy) is 2. The van der Waals surface area contributed by atoms with Crippen LogP contribution in [0, 0.1) is 0 Å². The molecule has 178 valence electrons. The molecule has 3 rings (SSSR count). The lowest BCUT2D eigenvalue weighted by Crippen LogP contribution is -2.24. The van der Waals surface area contributed by atoms with Crippen LogP contribution in [-0.2, 0) is 11.3 Å². The highest BCUT2D eigenvalue weighted by Crippen LogP contribution is 2.34. The van der Waals surface area contributed by atoms with Crippen molar-refractivity contribution in [3.05, 3.63) is 83.2 Å². The Kier molecular flexibility index (Phi) is 9.09. The third kappa shape index (κ3) is 6.16. The zero-order valence-corrected chi connectivity index (χ0v) is 19.9. The SMILES string of the molecule is C=CCOc1c(OC)c2ccc(NC(=O)/C=C/c3ccccc3)cc2n(CCCCCC)c1=O. The zero-order chi connectivity index (χ0) is 24.3. The fourth-order valence-corrected chi connectivity index (χ4v) is 3.79. The number of pyridine rings is 1. The van der Waals surface area contributed by atoms with Gasteiger partial charge in [0.2, 0.25) is 11.7 Å². The van der Waals surface area contributed by atoms with Crippen LogP contribution >= 0.6 is 0 Å². The Morgan fingerprint density at radius 2 is 1.88 bits per heavy atom. The van der Waals surface area contributed by atoms with E-state index in [0.29, 0.717) is 23.5 Å². The molecule has 0 unspecified atom stereocenters. The van der Waals surface area contributed by atoms with E-state index in [0.717, 1.165) is 36.6 Å². The third-order valence-corrected chi connectivity index (χ3v) is 5.46. The molecule has 1 amide bonds. The normalized spacial score (nSPS) is 11.0. The van der Waals surface area contributed by atoms with Crippen molar-refractivity contribution in [3.8, 4) is 11.5 Å². The molecule has 0 saturated heterocycles. The van der Waals surface area contributed by atoms with Crippen LogP contribution in [0.5, 0.6) is 11.5 Å². The monoisotopic (exact) mass is 460 g/mol. The molecule has 0 aliphatic carbocycles. The molecule has 34 heavy (non-hydrogen) atoms. The Morgan fingerprint density at radius 3 is 2.59 bits per heavy atom. The Morgan fingerprint density at radius 1 is 1.09 bits per heavy atom. The standard InChI is InChI=1S/C28H32N2O4/c1-4-6-7-11-18-30-24-20-22(29-25(31)17-14-21-12-9-8-10-13-21)15-16-23(24)26(33-3)27(28(30)32)34-19-5-2/h5,8-10,12-17,20H,2,4,6-7,11,18-19H2,1,3H3,(H,29,31)/b17-14+. The second-order valence-electron chi connectivity index (χ2n) is 7.94. The van der Waals surface area contributed by atoms with Crippen LogP contribution in [-0.4, -0.2) is 24.2 Å². The molecule has 0 radical (unpaired) electrons. The number of carbonyl (C=O) groups excluding carboxylic acids is 1. The first kappa shape index (κ1) is 24.8. The summed E-state index contributed by atoms with van der Waals surface area (Å²) in [6.45, 7) is 6.57. The highest BCUT2D eigenvalue weighted by Gasteiger charge is 2.19. The van der Waals surface area contributed by atoms with E-state index in [1.54, 1.807) is 22.8 Å². The number of amides is 1. The van der Waals surface area contributed by atoms with Crippen LogP contribution in [0.1, 0.15) is 38.2 Å². The molecule has 1 aromatic heterocycles. The number of rotatable bonds is 12. The molecule has 0 aliphatic rings. The maximum absolute atomic E-state index is 13.4. The van der Waals surface area contributed by atoms with E-state index >= 15 is 0 Å². The number of anilines is 1. The Bertz CT molecular complexity index is 1210. The van der Waals surface area contributed by atoms with Crippen molar-refractivity contribution in [2.45, 2.75) is 39.2 Å². The Balaban J connectivity index is 1.97. The van der Waals surface area contributed by atoms with Gasteiger partial charge in [-0.15, -0.1) is 0 Å². The fourth-order valence-electron chi connectivity index (χ4n) is 3.79. The van der Waals surface area contributed by atoms with E-state index in [9.17, 15) is 9.59 Å². The van der Waals surface area contributed by atoms with Gasteiger partial charge in [-0.25, -0.2) is 0 Å². The quantitative estimate of drug-likeness (QED) is 0.210. The van der Waals surface area contributed by atoms with Crippen molar-refractivity contribution < 1.29 is 14.3 Å². The summed E-state index contributed by atoms with van der Waals surface area (Å²) in [6.07, 6.45) is 8.95. The van der Waals surface area contributed by atoms with Gasteiger partial charge in [-0.3, -0.25) is 9.59 Å². The lowest BCUT2D eigenvalue weighted by Gasteiger charge is -2.18. The van der Waals surface area contributed by atoms with E-state index in [2.05, 4.69) is 18.8 Å². The van der Waals surface area contributed by atoms with E-state index in [1.807, 2.05) is 42.5 Å². The van der Waals surface area contributed by atoms with Crippen LogP contribution in [0.4, 0.5) is 5.69 Å². The van der Waals surface area contributed by atoms with Crippen molar-refractivity contribution in [2.24, 2.45) is 0 Å². The van der Waals surface area contributed by atoms with E-state index in [4.69, 9.17) is 9.47 Å². The first-order valence-corrected chi connectivity index (χ1v) is 11.6. The van der Waals surface area contributed by atoms with Crippen LogP contribution in [0.15, 0.2) is 72.1 Å². The lowest BCUT2D eigenvalue weighted by molar-refractivity contribution is -0.111. The topological polar surface area (TPSA) is 69.6 Å². The van der Waals surface area contributed by atoms with Gasteiger partial charge in [-0.05, 0) is 36.3 Å². The molecule has 6 heteroatoms. The minimum absolute atomic E-state index is 0.174. The molecule has 6 nitrogen and oxygen atoms in total. The van der Waals surface area contributed by atoms with Crippen molar-refractivity contribution in [3.63, 3.8) is 0 Å².